The van der Waals surface area contributed by atoms with Crippen LogP contribution in [0.25, 0.3) is 0 Å². The third-order valence-corrected chi connectivity index (χ3v) is 3.29. The number of carbonyl (C=O) groups is 1. The second kappa shape index (κ2) is 6.23. The molecule has 3 N–H and O–H groups in total. The molecule has 1 aromatic carbocycles. The number of rotatable bonds is 3. The summed E-state index contributed by atoms with van der Waals surface area (Å²) < 4.78 is 13.7. The molecule has 0 unspecified atom stereocenters. The fraction of sp³-hybridized carbons (Fsp3) is 0.385. The summed E-state index contributed by atoms with van der Waals surface area (Å²) in [6.45, 7) is 2.10. The molecule has 0 spiro atoms. The van der Waals surface area contributed by atoms with Crippen LogP contribution in [0.15, 0.2) is 29.4 Å². The van der Waals surface area contributed by atoms with Gasteiger partial charge in [0, 0.05) is 26.2 Å². The first-order valence-corrected chi connectivity index (χ1v) is 6.35. The maximum absolute atomic E-state index is 13.7. The first-order chi connectivity index (χ1) is 9.61. The molecule has 6 nitrogen and oxygen atoms in total. The van der Waals surface area contributed by atoms with Crippen molar-refractivity contribution in [3.63, 3.8) is 0 Å². The number of benzene rings is 1. The van der Waals surface area contributed by atoms with Gasteiger partial charge in [0.2, 0.25) is 5.91 Å². The second-order valence-electron chi connectivity index (χ2n) is 4.59. The summed E-state index contributed by atoms with van der Waals surface area (Å²) in [7, 11) is 0. The van der Waals surface area contributed by atoms with E-state index in [1.807, 2.05) is 4.90 Å². The highest BCUT2D eigenvalue weighted by molar-refractivity contribution is 5.98. The zero-order valence-electron chi connectivity index (χ0n) is 11.0. The van der Waals surface area contributed by atoms with E-state index in [4.69, 9.17) is 10.9 Å². The Morgan fingerprint density at radius 1 is 1.30 bits per heavy atom. The molecule has 1 aliphatic rings. The number of amides is 1. The summed E-state index contributed by atoms with van der Waals surface area (Å²) in [6, 6.07) is 6.58. The van der Waals surface area contributed by atoms with Crippen LogP contribution >= 0.6 is 0 Å². The zero-order chi connectivity index (χ0) is 14.5. The Morgan fingerprint density at radius 3 is 2.55 bits per heavy atom. The van der Waals surface area contributed by atoms with Crippen LogP contribution in [0.3, 0.4) is 0 Å². The van der Waals surface area contributed by atoms with Crippen LogP contribution in [-0.2, 0) is 4.79 Å². The SMILES string of the molecule is N/C(CC(=O)N1CCN(c2ccccc2F)CC1)=N\O. The molecule has 20 heavy (non-hydrogen) atoms. The molecule has 1 aliphatic heterocycles. The number of nitrogens with two attached hydrogens (primary N) is 1. The number of hydrogen-bond acceptors (Lipinski definition) is 4. The van der Waals surface area contributed by atoms with Crippen LogP contribution in [0.2, 0.25) is 0 Å². The summed E-state index contributed by atoms with van der Waals surface area (Å²) in [5, 5.41) is 11.2. The van der Waals surface area contributed by atoms with E-state index >= 15 is 0 Å². The molecule has 0 radical (unpaired) electrons. The molecule has 2 rings (SSSR count). The van der Waals surface area contributed by atoms with Crippen molar-refractivity contribution in [3.05, 3.63) is 30.1 Å². The van der Waals surface area contributed by atoms with E-state index in [0.29, 0.717) is 31.9 Å². The highest BCUT2D eigenvalue weighted by atomic mass is 19.1. The van der Waals surface area contributed by atoms with Gasteiger partial charge in [0.25, 0.3) is 0 Å². The Balaban J connectivity index is 1.93. The predicted octanol–water partition coefficient (Wildman–Crippen LogP) is 0.611. The summed E-state index contributed by atoms with van der Waals surface area (Å²) in [6.07, 6.45) is -0.101. The molecule has 0 saturated carbocycles. The molecular weight excluding hydrogens is 263 g/mol. The van der Waals surface area contributed by atoms with E-state index in [-0.39, 0.29) is 24.0 Å². The minimum absolute atomic E-state index is 0.101. The number of amidine groups is 1. The lowest BCUT2D eigenvalue weighted by Crippen LogP contribution is -2.49. The molecule has 0 aliphatic carbocycles. The maximum atomic E-state index is 13.7. The number of anilines is 1. The Hall–Kier alpha value is -2.31. The second-order valence-corrected chi connectivity index (χ2v) is 4.59. The third kappa shape index (κ3) is 3.17. The van der Waals surface area contributed by atoms with E-state index < -0.39 is 0 Å². The zero-order valence-corrected chi connectivity index (χ0v) is 11.0. The Morgan fingerprint density at radius 2 is 1.95 bits per heavy atom. The van der Waals surface area contributed by atoms with E-state index in [1.54, 1.807) is 23.1 Å². The molecule has 0 atom stereocenters. The first kappa shape index (κ1) is 14.1. The number of halogens is 1. The Kier molecular flexibility index (Phi) is 4.39. The van der Waals surface area contributed by atoms with Crippen molar-refractivity contribution in [2.45, 2.75) is 6.42 Å². The lowest BCUT2D eigenvalue weighted by atomic mass is 10.2. The van der Waals surface area contributed by atoms with Gasteiger partial charge in [-0.1, -0.05) is 17.3 Å². The van der Waals surface area contributed by atoms with Crippen molar-refractivity contribution in [2.75, 3.05) is 31.1 Å². The molecule has 1 fully saturated rings. The van der Waals surface area contributed by atoms with E-state index in [9.17, 15) is 9.18 Å². The van der Waals surface area contributed by atoms with E-state index in [2.05, 4.69) is 5.16 Å². The Labute approximate surface area is 116 Å². The minimum Gasteiger partial charge on any atom is -0.409 e. The van der Waals surface area contributed by atoms with Crippen molar-refractivity contribution >= 4 is 17.4 Å². The number of para-hydroxylation sites is 1. The summed E-state index contributed by atoms with van der Waals surface area (Å²) in [4.78, 5) is 15.4. The van der Waals surface area contributed by atoms with Crippen molar-refractivity contribution in [3.8, 4) is 0 Å². The number of piperazine rings is 1. The molecule has 108 valence electrons. The maximum Gasteiger partial charge on any atom is 0.230 e. The van der Waals surface area contributed by atoms with Crippen LogP contribution in [-0.4, -0.2) is 48.0 Å². The average molecular weight is 280 g/mol. The van der Waals surface area contributed by atoms with Crippen molar-refractivity contribution in [1.29, 1.82) is 0 Å². The number of nitrogens with zero attached hydrogens (tertiary/aromatic N) is 3. The van der Waals surface area contributed by atoms with Crippen LogP contribution < -0.4 is 10.6 Å². The molecule has 1 saturated heterocycles. The standard InChI is InChI=1S/C13H17FN4O2/c14-10-3-1-2-4-11(10)17-5-7-18(8-6-17)13(19)9-12(15)16-20/h1-4,20H,5-9H2,(H2,15,16). The van der Waals surface area contributed by atoms with Gasteiger partial charge in [0.1, 0.15) is 11.7 Å². The van der Waals surface area contributed by atoms with Crippen molar-refractivity contribution < 1.29 is 14.4 Å². The highest BCUT2D eigenvalue weighted by Gasteiger charge is 2.23. The lowest BCUT2D eigenvalue weighted by Gasteiger charge is -2.36. The molecule has 1 heterocycles. The summed E-state index contributed by atoms with van der Waals surface area (Å²) >= 11 is 0. The smallest absolute Gasteiger partial charge is 0.230 e. The minimum atomic E-state index is -0.260. The molecule has 0 bridgehead atoms. The monoisotopic (exact) mass is 280 g/mol. The lowest BCUT2D eigenvalue weighted by molar-refractivity contribution is -0.130. The van der Waals surface area contributed by atoms with Gasteiger partial charge < -0.3 is 20.7 Å². The molecular formula is C13H17FN4O2. The number of hydrogen-bond donors (Lipinski definition) is 2. The largest absolute Gasteiger partial charge is 0.409 e. The van der Waals surface area contributed by atoms with E-state index in [1.165, 1.54) is 6.07 Å². The van der Waals surface area contributed by atoms with Gasteiger partial charge in [-0.2, -0.15) is 0 Å². The van der Waals surface area contributed by atoms with Gasteiger partial charge in [0.05, 0.1) is 12.1 Å². The molecule has 1 aromatic rings. The third-order valence-electron chi connectivity index (χ3n) is 3.29. The van der Waals surface area contributed by atoms with Gasteiger partial charge in [0.15, 0.2) is 0 Å². The van der Waals surface area contributed by atoms with Crippen LogP contribution in [0.1, 0.15) is 6.42 Å². The van der Waals surface area contributed by atoms with Gasteiger partial charge >= 0.3 is 0 Å². The predicted molar refractivity (Wildman–Crippen MR) is 73.2 cm³/mol. The van der Waals surface area contributed by atoms with Crippen molar-refractivity contribution in [1.82, 2.24) is 4.90 Å². The molecule has 1 amide bonds. The number of oxime groups is 1. The fourth-order valence-corrected chi connectivity index (χ4v) is 2.21. The number of carbonyl (C=O) groups excluding carboxylic acids is 1. The van der Waals surface area contributed by atoms with Crippen LogP contribution in [0, 0.1) is 5.82 Å². The highest BCUT2D eigenvalue weighted by Crippen LogP contribution is 2.20. The summed E-state index contributed by atoms with van der Waals surface area (Å²) in [5.41, 5.74) is 5.86. The quantitative estimate of drug-likeness (QED) is 0.368. The summed E-state index contributed by atoms with van der Waals surface area (Å²) in [5.74, 6) is -0.552. The first-order valence-electron chi connectivity index (χ1n) is 6.35. The molecule has 0 aromatic heterocycles. The normalized spacial score (nSPS) is 16.4. The van der Waals surface area contributed by atoms with Gasteiger partial charge in [-0.3, -0.25) is 4.79 Å². The van der Waals surface area contributed by atoms with Gasteiger partial charge in [-0.15, -0.1) is 0 Å². The van der Waals surface area contributed by atoms with Crippen molar-refractivity contribution in [2.24, 2.45) is 10.9 Å². The Bertz CT molecular complexity index is 513. The van der Waals surface area contributed by atoms with Gasteiger partial charge in [-0.25, -0.2) is 4.39 Å². The van der Waals surface area contributed by atoms with Crippen LogP contribution in [0.4, 0.5) is 10.1 Å². The van der Waals surface area contributed by atoms with E-state index in [0.717, 1.165) is 0 Å². The van der Waals surface area contributed by atoms with Gasteiger partial charge in [-0.05, 0) is 12.1 Å². The van der Waals surface area contributed by atoms with Crippen LogP contribution in [0.5, 0.6) is 0 Å². The average Bonchev–Trinajstić information content (AvgIpc) is 2.47. The molecule has 7 heteroatoms. The fourth-order valence-electron chi connectivity index (χ4n) is 2.21. The topological polar surface area (TPSA) is 82.2 Å².